The van der Waals surface area contributed by atoms with E-state index in [0.29, 0.717) is 17.1 Å². The molecule has 21 heavy (non-hydrogen) atoms. The van der Waals surface area contributed by atoms with Crippen LogP contribution in [0.15, 0.2) is 0 Å². The van der Waals surface area contributed by atoms with Crippen molar-refractivity contribution in [1.29, 1.82) is 0 Å². The summed E-state index contributed by atoms with van der Waals surface area (Å²) in [4.78, 5) is 9.62. The fourth-order valence-corrected chi connectivity index (χ4v) is 5.88. The standard InChI is InChI=1S/C14H22IN3OS2/c1-4-10-12(21-7-6-20-10)14-17-9(8-19-3)11(15)13(18-14)16-5-2/h10,12H,4-8H2,1-3H3,(H,16,17,18). The lowest BCUT2D eigenvalue weighted by atomic mass is 10.2. The van der Waals surface area contributed by atoms with Crippen LogP contribution in [0.4, 0.5) is 5.82 Å². The highest BCUT2D eigenvalue weighted by Gasteiger charge is 2.30. The van der Waals surface area contributed by atoms with Gasteiger partial charge in [-0.05, 0) is 35.9 Å². The lowest BCUT2D eigenvalue weighted by Crippen LogP contribution is -2.22. The molecule has 2 unspecified atom stereocenters. The van der Waals surface area contributed by atoms with Crippen molar-refractivity contribution in [3.05, 3.63) is 15.1 Å². The number of thioether (sulfide) groups is 2. The summed E-state index contributed by atoms with van der Waals surface area (Å²) < 4.78 is 6.37. The summed E-state index contributed by atoms with van der Waals surface area (Å²) in [5.41, 5.74) is 0.991. The number of hydrogen-bond donors (Lipinski definition) is 1. The summed E-state index contributed by atoms with van der Waals surface area (Å²) in [6, 6.07) is 0. The number of rotatable bonds is 6. The summed E-state index contributed by atoms with van der Waals surface area (Å²) in [7, 11) is 1.71. The van der Waals surface area contributed by atoms with Crippen molar-refractivity contribution >= 4 is 51.9 Å². The molecule has 7 heteroatoms. The Kier molecular flexibility index (Phi) is 7.37. The van der Waals surface area contributed by atoms with Gasteiger partial charge >= 0.3 is 0 Å². The van der Waals surface area contributed by atoms with Crippen LogP contribution in [0.1, 0.15) is 37.0 Å². The number of aromatic nitrogens is 2. The fraction of sp³-hybridized carbons (Fsp3) is 0.714. The van der Waals surface area contributed by atoms with Gasteiger partial charge in [-0.15, -0.1) is 11.8 Å². The number of hydrogen-bond acceptors (Lipinski definition) is 6. The molecule has 0 saturated carbocycles. The van der Waals surface area contributed by atoms with Crippen molar-refractivity contribution < 1.29 is 4.74 Å². The Hall–Kier alpha value is 0.270. The Bertz CT molecular complexity index is 449. The number of methoxy groups -OCH3 is 1. The molecule has 1 saturated heterocycles. The number of nitrogens with one attached hydrogen (secondary N) is 1. The molecule has 2 heterocycles. The van der Waals surface area contributed by atoms with E-state index in [1.54, 1.807) is 7.11 Å². The van der Waals surface area contributed by atoms with Gasteiger partial charge in [0.1, 0.15) is 11.6 Å². The Labute approximate surface area is 149 Å². The molecule has 0 radical (unpaired) electrons. The molecule has 1 N–H and O–H groups in total. The first-order valence-electron chi connectivity index (χ1n) is 7.23. The van der Waals surface area contributed by atoms with Gasteiger partial charge in [-0.1, -0.05) is 6.92 Å². The number of anilines is 1. The molecule has 1 aromatic rings. The number of nitrogens with zero attached hydrogens (tertiary/aromatic N) is 2. The van der Waals surface area contributed by atoms with E-state index in [1.165, 1.54) is 11.5 Å². The third-order valence-corrected chi connectivity index (χ3v) is 7.65. The summed E-state index contributed by atoms with van der Waals surface area (Å²) in [5, 5.41) is 4.35. The second-order valence-corrected chi connectivity index (χ2v) is 8.44. The molecule has 0 aliphatic carbocycles. The average Bonchev–Trinajstić information content (AvgIpc) is 2.51. The quantitative estimate of drug-likeness (QED) is 0.678. The molecular formula is C14H22IN3OS2. The van der Waals surface area contributed by atoms with Crippen molar-refractivity contribution in [2.75, 3.05) is 30.5 Å². The number of halogens is 1. The summed E-state index contributed by atoms with van der Waals surface area (Å²) in [6.45, 7) is 5.74. The second-order valence-electron chi connectivity index (χ2n) is 4.76. The van der Waals surface area contributed by atoms with Crippen LogP contribution in [-0.4, -0.2) is 40.4 Å². The highest BCUT2D eigenvalue weighted by atomic mass is 127. The van der Waals surface area contributed by atoms with E-state index >= 15 is 0 Å². The van der Waals surface area contributed by atoms with Crippen molar-refractivity contribution in [3.63, 3.8) is 0 Å². The molecule has 1 aliphatic rings. The van der Waals surface area contributed by atoms with Gasteiger partial charge in [0.25, 0.3) is 0 Å². The topological polar surface area (TPSA) is 47.0 Å². The van der Waals surface area contributed by atoms with Crippen LogP contribution in [0, 0.1) is 3.57 Å². The molecule has 2 rings (SSSR count). The van der Waals surface area contributed by atoms with E-state index in [0.717, 1.165) is 33.9 Å². The van der Waals surface area contributed by atoms with Crippen molar-refractivity contribution in [3.8, 4) is 0 Å². The molecule has 1 aromatic heterocycles. The Morgan fingerprint density at radius 1 is 1.29 bits per heavy atom. The second kappa shape index (κ2) is 8.79. The van der Waals surface area contributed by atoms with E-state index in [-0.39, 0.29) is 0 Å². The first-order valence-corrected chi connectivity index (χ1v) is 10.4. The first kappa shape index (κ1) is 17.6. The van der Waals surface area contributed by atoms with Crippen LogP contribution in [-0.2, 0) is 11.3 Å². The maximum absolute atomic E-state index is 5.30. The molecule has 0 amide bonds. The Morgan fingerprint density at radius 2 is 2.05 bits per heavy atom. The van der Waals surface area contributed by atoms with Crippen LogP contribution >= 0.6 is 46.1 Å². The van der Waals surface area contributed by atoms with E-state index in [1.807, 2.05) is 11.8 Å². The van der Waals surface area contributed by atoms with Crippen LogP contribution in [0.5, 0.6) is 0 Å². The third kappa shape index (κ3) is 4.39. The van der Waals surface area contributed by atoms with Gasteiger partial charge in [0.15, 0.2) is 0 Å². The lowest BCUT2D eigenvalue weighted by molar-refractivity contribution is 0.180. The molecule has 118 valence electrons. The summed E-state index contributed by atoms with van der Waals surface area (Å²) in [6.07, 6.45) is 1.16. The molecule has 2 atom stereocenters. The normalized spacial score (nSPS) is 22.3. The van der Waals surface area contributed by atoms with Gasteiger partial charge in [-0.25, -0.2) is 9.97 Å². The smallest absolute Gasteiger partial charge is 0.145 e. The molecular weight excluding hydrogens is 417 g/mol. The first-order chi connectivity index (χ1) is 10.2. The minimum absolute atomic E-state index is 0.388. The van der Waals surface area contributed by atoms with E-state index in [4.69, 9.17) is 14.7 Å². The summed E-state index contributed by atoms with van der Waals surface area (Å²) >= 11 is 6.36. The van der Waals surface area contributed by atoms with E-state index in [2.05, 4.69) is 53.5 Å². The zero-order chi connectivity index (χ0) is 15.2. The van der Waals surface area contributed by atoms with Crippen LogP contribution < -0.4 is 5.32 Å². The van der Waals surface area contributed by atoms with Crippen molar-refractivity contribution in [1.82, 2.24) is 9.97 Å². The molecule has 1 fully saturated rings. The maximum atomic E-state index is 5.30. The van der Waals surface area contributed by atoms with Gasteiger partial charge in [0.2, 0.25) is 0 Å². The fourth-order valence-electron chi connectivity index (χ4n) is 2.30. The van der Waals surface area contributed by atoms with Gasteiger partial charge in [0.05, 0.1) is 21.1 Å². The minimum Gasteiger partial charge on any atom is -0.378 e. The maximum Gasteiger partial charge on any atom is 0.145 e. The van der Waals surface area contributed by atoms with Gasteiger partial charge in [-0.3, -0.25) is 0 Å². The summed E-state index contributed by atoms with van der Waals surface area (Å²) in [5.74, 6) is 4.32. The molecule has 0 spiro atoms. The van der Waals surface area contributed by atoms with Gasteiger partial charge < -0.3 is 10.1 Å². The third-order valence-electron chi connectivity index (χ3n) is 3.27. The number of ether oxygens (including phenoxy) is 1. The predicted molar refractivity (Wildman–Crippen MR) is 101 cm³/mol. The molecule has 0 bridgehead atoms. The zero-order valence-corrected chi connectivity index (χ0v) is 16.5. The van der Waals surface area contributed by atoms with Crippen molar-refractivity contribution in [2.45, 2.75) is 37.4 Å². The van der Waals surface area contributed by atoms with Crippen LogP contribution in [0.25, 0.3) is 0 Å². The van der Waals surface area contributed by atoms with E-state index < -0.39 is 0 Å². The van der Waals surface area contributed by atoms with E-state index in [9.17, 15) is 0 Å². The predicted octanol–water partition coefficient (Wildman–Crippen LogP) is 3.96. The average molecular weight is 439 g/mol. The van der Waals surface area contributed by atoms with Crippen molar-refractivity contribution in [2.24, 2.45) is 0 Å². The van der Waals surface area contributed by atoms with Gasteiger partial charge in [0, 0.05) is 30.4 Å². The highest BCUT2D eigenvalue weighted by molar-refractivity contribution is 14.1. The SMILES string of the molecule is CCNc1nc(C2SCCSC2CC)nc(COC)c1I. The molecule has 4 nitrogen and oxygen atoms in total. The Morgan fingerprint density at radius 3 is 2.71 bits per heavy atom. The largest absolute Gasteiger partial charge is 0.378 e. The molecule has 0 aromatic carbocycles. The zero-order valence-electron chi connectivity index (χ0n) is 12.7. The Balaban J connectivity index is 2.36. The lowest BCUT2D eigenvalue weighted by Gasteiger charge is -2.29. The minimum atomic E-state index is 0.388. The molecule has 1 aliphatic heterocycles. The van der Waals surface area contributed by atoms with Gasteiger partial charge in [-0.2, -0.15) is 11.8 Å². The highest BCUT2D eigenvalue weighted by Crippen LogP contribution is 2.43. The monoisotopic (exact) mass is 439 g/mol. The van der Waals surface area contributed by atoms with Crippen LogP contribution in [0.2, 0.25) is 0 Å². The van der Waals surface area contributed by atoms with Crippen LogP contribution in [0.3, 0.4) is 0 Å².